The van der Waals surface area contributed by atoms with Crippen LogP contribution < -0.4 is 10.9 Å². The Morgan fingerprint density at radius 2 is 1.90 bits per heavy atom. The molecule has 1 unspecified atom stereocenters. The van der Waals surface area contributed by atoms with Gasteiger partial charge in [-0.2, -0.15) is 0 Å². The number of fused-ring (bicyclic) bond motifs is 1. The summed E-state index contributed by atoms with van der Waals surface area (Å²) in [7, 11) is 2.16. The number of phenolic OH excluding ortho intramolecular Hbond substituents is 1. The number of benzene rings is 2. The standard InChI is InChI=1S/C32H45N3O4S/c1-35(23-24-9-8-12-26(21-24)40-25-10-4-5-11-25)18-20-39-19-7-3-2-6-17-33-22-30(37)27-13-15-29(36)32-28(27)14-16-31(38)34-32/h8-9,12-16,21,25,30,33,36-37H,2-7,10-11,17-20,22-23H2,1H3,(H,34,38). The van der Waals surface area contributed by atoms with Crippen molar-refractivity contribution >= 4 is 22.7 Å². The Bertz CT molecular complexity index is 1240. The third-order valence-corrected chi connectivity index (χ3v) is 8.90. The highest BCUT2D eigenvalue weighted by molar-refractivity contribution is 8.00. The van der Waals surface area contributed by atoms with Crippen molar-refractivity contribution in [1.29, 1.82) is 0 Å². The number of aromatic hydroxyl groups is 1. The summed E-state index contributed by atoms with van der Waals surface area (Å²) in [6.45, 7) is 4.68. The molecular weight excluding hydrogens is 522 g/mol. The lowest BCUT2D eigenvalue weighted by atomic mass is 10.0. The van der Waals surface area contributed by atoms with Crippen molar-refractivity contribution in [2.75, 3.05) is 39.9 Å². The zero-order chi connectivity index (χ0) is 28.2. The predicted octanol–water partition coefficient (Wildman–Crippen LogP) is 5.60. The minimum Gasteiger partial charge on any atom is -0.506 e. The molecule has 0 amide bonds. The van der Waals surface area contributed by atoms with Gasteiger partial charge in [0.15, 0.2) is 0 Å². The van der Waals surface area contributed by atoms with Crippen LogP contribution >= 0.6 is 11.8 Å². The fourth-order valence-corrected chi connectivity index (χ4v) is 6.67. The Morgan fingerprint density at radius 1 is 1.07 bits per heavy atom. The molecular formula is C32H45N3O4S. The average molecular weight is 568 g/mol. The first-order chi connectivity index (χ1) is 19.5. The summed E-state index contributed by atoms with van der Waals surface area (Å²) in [5.74, 6) is 0.00196. The lowest BCUT2D eigenvalue weighted by Gasteiger charge is -2.17. The normalized spacial score (nSPS) is 14.9. The number of phenols is 1. The van der Waals surface area contributed by atoms with Crippen molar-refractivity contribution in [2.24, 2.45) is 0 Å². The topological polar surface area (TPSA) is 97.8 Å². The summed E-state index contributed by atoms with van der Waals surface area (Å²) >= 11 is 2.05. The molecule has 4 rings (SSSR count). The first-order valence-corrected chi connectivity index (χ1v) is 15.6. The highest BCUT2D eigenvalue weighted by Gasteiger charge is 2.16. The van der Waals surface area contributed by atoms with Crippen LogP contribution in [0.5, 0.6) is 5.75 Å². The van der Waals surface area contributed by atoms with Crippen LogP contribution in [0.25, 0.3) is 10.9 Å². The van der Waals surface area contributed by atoms with Crippen LogP contribution in [-0.4, -0.2) is 65.2 Å². The Balaban J connectivity index is 1.01. The number of nitrogens with one attached hydrogen (secondary N) is 2. The second-order valence-electron chi connectivity index (χ2n) is 10.9. The fourth-order valence-electron chi connectivity index (χ4n) is 5.33. The van der Waals surface area contributed by atoms with E-state index in [0.29, 0.717) is 23.0 Å². The number of pyridine rings is 1. The van der Waals surface area contributed by atoms with Gasteiger partial charge in [-0.25, -0.2) is 0 Å². The lowest BCUT2D eigenvalue weighted by Crippen LogP contribution is -2.23. The Kier molecular flexibility index (Phi) is 12.4. The number of nitrogens with zero attached hydrogens (tertiary/aromatic N) is 1. The van der Waals surface area contributed by atoms with Gasteiger partial charge in [0.2, 0.25) is 5.56 Å². The molecule has 0 radical (unpaired) electrons. The molecule has 2 aromatic carbocycles. The molecule has 0 bridgehead atoms. The minimum absolute atomic E-state index is 0.00196. The van der Waals surface area contributed by atoms with E-state index < -0.39 is 6.10 Å². The molecule has 1 aliphatic carbocycles. The van der Waals surface area contributed by atoms with Crippen molar-refractivity contribution in [3.63, 3.8) is 0 Å². The van der Waals surface area contributed by atoms with E-state index in [0.717, 1.165) is 63.8 Å². The summed E-state index contributed by atoms with van der Waals surface area (Å²) in [4.78, 5) is 18.0. The van der Waals surface area contributed by atoms with E-state index in [1.54, 1.807) is 12.1 Å². The average Bonchev–Trinajstić information content (AvgIpc) is 3.45. The number of thioether (sulfide) groups is 1. The first kappa shape index (κ1) is 30.6. The SMILES string of the molecule is CN(CCOCCCCCCNCC(O)c1ccc(O)c2[nH]c(=O)ccc12)Cc1cccc(SC2CCCC2)c1. The van der Waals surface area contributed by atoms with Crippen LogP contribution in [0.3, 0.4) is 0 Å². The molecule has 7 nitrogen and oxygen atoms in total. The van der Waals surface area contributed by atoms with Crippen molar-refractivity contribution in [3.05, 3.63) is 70.0 Å². The van der Waals surface area contributed by atoms with Gasteiger partial charge in [0.1, 0.15) is 5.75 Å². The Labute approximate surface area is 242 Å². The molecule has 0 spiro atoms. The van der Waals surface area contributed by atoms with Gasteiger partial charge in [0, 0.05) is 47.8 Å². The van der Waals surface area contributed by atoms with Gasteiger partial charge < -0.3 is 25.3 Å². The second-order valence-corrected chi connectivity index (χ2v) is 12.3. The largest absolute Gasteiger partial charge is 0.506 e. The number of aromatic amines is 1. The van der Waals surface area contributed by atoms with Gasteiger partial charge in [0.05, 0.1) is 18.2 Å². The number of hydrogen-bond acceptors (Lipinski definition) is 7. The molecule has 1 aromatic heterocycles. The van der Waals surface area contributed by atoms with Crippen molar-refractivity contribution in [1.82, 2.24) is 15.2 Å². The number of hydrogen-bond donors (Lipinski definition) is 4. The second kappa shape index (κ2) is 16.2. The zero-order valence-electron chi connectivity index (χ0n) is 23.7. The smallest absolute Gasteiger partial charge is 0.248 e. The third kappa shape index (κ3) is 9.63. The molecule has 40 heavy (non-hydrogen) atoms. The minimum atomic E-state index is -0.722. The van der Waals surface area contributed by atoms with E-state index in [9.17, 15) is 15.0 Å². The van der Waals surface area contributed by atoms with Crippen molar-refractivity contribution < 1.29 is 14.9 Å². The van der Waals surface area contributed by atoms with Crippen LogP contribution in [0.4, 0.5) is 0 Å². The van der Waals surface area contributed by atoms with Gasteiger partial charge in [-0.1, -0.05) is 43.9 Å². The fraction of sp³-hybridized carbons (Fsp3) is 0.531. The van der Waals surface area contributed by atoms with Crippen molar-refractivity contribution in [3.8, 4) is 5.75 Å². The Hall–Kier alpha value is -2.36. The summed E-state index contributed by atoms with van der Waals surface area (Å²) in [5, 5.41) is 25.4. The quantitative estimate of drug-likeness (QED) is 0.158. The van der Waals surface area contributed by atoms with Crippen LogP contribution in [-0.2, 0) is 11.3 Å². The van der Waals surface area contributed by atoms with Gasteiger partial charge >= 0.3 is 0 Å². The number of aliphatic hydroxyl groups is 1. The molecule has 1 heterocycles. The Morgan fingerprint density at radius 3 is 2.75 bits per heavy atom. The van der Waals surface area contributed by atoms with Gasteiger partial charge in [-0.05, 0) is 74.7 Å². The molecule has 1 fully saturated rings. The number of aliphatic hydroxyl groups excluding tert-OH is 1. The molecule has 0 aliphatic heterocycles. The highest BCUT2D eigenvalue weighted by Crippen LogP contribution is 2.35. The first-order valence-electron chi connectivity index (χ1n) is 14.7. The summed E-state index contributed by atoms with van der Waals surface area (Å²) in [6, 6.07) is 15.3. The van der Waals surface area contributed by atoms with E-state index in [-0.39, 0.29) is 11.3 Å². The van der Waals surface area contributed by atoms with E-state index >= 15 is 0 Å². The van der Waals surface area contributed by atoms with Crippen LogP contribution in [0, 0.1) is 0 Å². The number of rotatable bonds is 17. The van der Waals surface area contributed by atoms with Gasteiger partial charge in [-0.15, -0.1) is 11.8 Å². The number of H-pyrrole nitrogens is 1. The number of unbranched alkanes of at least 4 members (excludes halogenated alkanes) is 3. The van der Waals surface area contributed by atoms with Crippen LogP contribution in [0.1, 0.15) is 68.6 Å². The lowest BCUT2D eigenvalue weighted by molar-refractivity contribution is 0.106. The number of ether oxygens (including phenoxy) is 1. The zero-order valence-corrected chi connectivity index (χ0v) is 24.6. The maximum atomic E-state index is 11.6. The summed E-state index contributed by atoms with van der Waals surface area (Å²) < 4.78 is 5.88. The van der Waals surface area contributed by atoms with E-state index in [1.165, 1.54) is 48.3 Å². The molecule has 8 heteroatoms. The molecule has 4 N–H and O–H groups in total. The molecule has 1 aliphatic rings. The van der Waals surface area contributed by atoms with E-state index in [1.807, 2.05) is 0 Å². The molecule has 3 aromatic rings. The maximum absolute atomic E-state index is 11.6. The predicted molar refractivity (Wildman–Crippen MR) is 164 cm³/mol. The van der Waals surface area contributed by atoms with Crippen molar-refractivity contribution in [2.45, 2.75) is 74.2 Å². The van der Waals surface area contributed by atoms with Crippen LogP contribution in [0.2, 0.25) is 0 Å². The highest BCUT2D eigenvalue weighted by atomic mass is 32.2. The van der Waals surface area contributed by atoms with E-state index in [2.05, 4.69) is 58.3 Å². The summed E-state index contributed by atoms with van der Waals surface area (Å²) in [5.41, 5.74) is 2.14. The van der Waals surface area contributed by atoms with Gasteiger partial charge in [0.25, 0.3) is 0 Å². The molecule has 1 saturated carbocycles. The summed E-state index contributed by atoms with van der Waals surface area (Å²) in [6.07, 6.45) is 9.11. The molecule has 0 saturated heterocycles. The van der Waals surface area contributed by atoms with E-state index in [4.69, 9.17) is 4.74 Å². The maximum Gasteiger partial charge on any atom is 0.248 e. The number of likely N-dealkylation sites (N-methyl/N-ethyl adjacent to an activating group) is 1. The monoisotopic (exact) mass is 567 g/mol. The van der Waals surface area contributed by atoms with Gasteiger partial charge in [-0.3, -0.25) is 9.69 Å². The van der Waals surface area contributed by atoms with Crippen LogP contribution in [0.15, 0.2) is 58.2 Å². The molecule has 218 valence electrons. The number of aromatic nitrogens is 1. The third-order valence-electron chi connectivity index (χ3n) is 7.57. The molecule has 1 atom stereocenters.